The van der Waals surface area contributed by atoms with Crippen LogP contribution in [0.25, 0.3) is 0 Å². The van der Waals surface area contributed by atoms with Gasteiger partial charge in [0.2, 0.25) is 0 Å². The van der Waals surface area contributed by atoms with Crippen molar-refractivity contribution in [3.63, 3.8) is 0 Å². The molecule has 4 nitrogen and oxygen atoms in total. The van der Waals surface area contributed by atoms with Crippen molar-refractivity contribution in [2.45, 2.75) is 46.6 Å². The second-order valence-corrected chi connectivity index (χ2v) is 7.95. The predicted octanol–water partition coefficient (Wildman–Crippen LogP) is 5.27. The molecule has 2 bridgehead atoms. The van der Waals surface area contributed by atoms with E-state index in [2.05, 4.69) is 39.1 Å². The number of carbonyl (C=O) groups is 1. The number of allylic oxidation sites excluding steroid dienone is 1. The molecule has 1 saturated heterocycles. The molecule has 1 aliphatic carbocycles. The lowest BCUT2D eigenvalue weighted by Crippen LogP contribution is -2.56. The smallest absolute Gasteiger partial charge is 0.411 e. The van der Waals surface area contributed by atoms with Gasteiger partial charge in [-0.1, -0.05) is 57.0 Å². The van der Waals surface area contributed by atoms with Gasteiger partial charge in [0.25, 0.3) is 0 Å². The van der Waals surface area contributed by atoms with Crippen molar-refractivity contribution in [3.05, 3.63) is 42.0 Å². The summed E-state index contributed by atoms with van der Waals surface area (Å²) in [5, 5.41) is 2.80. The van der Waals surface area contributed by atoms with E-state index in [0.717, 1.165) is 18.5 Å². The Balaban J connectivity index is 1.71. The fourth-order valence-corrected chi connectivity index (χ4v) is 4.81. The predicted molar refractivity (Wildman–Crippen MR) is 104 cm³/mol. The first-order valence-electron chi connectivity index (χ1n) is 9.76. The summed E-state index contributed by atoms with van der Waals surface area (Å²) in [6, 6.07) is 9.40. The molecule has 0 spiro atoms. The Labute approximate surface area is 157 Å². The van der Waals surface area contributed by atoms with Gasteiger partial charge in [0.15, 0.2) is 0 Å². The van der Waals surface area contributed by atoms with Crippen LogP contribution in [0.3, 0.4) is 0 Å². The number of hydrogen-bond acceptors (Lipinski definition) is 3. The van der Waals surface area contributed by atoms with Crippen LogP contribution in [-0.2, 0) is 9.47 Å². The van der Waals surface area contributed by atoms with Crippen LogP contribution in [0, 0.1) is 23.2 Å². The number of hydrogen-bond donors (Lipinski definition) is 1. The summed E-state index contributed by atoms with van der Waals surface area (Å²) in [6.45, 7) is 9.99. The fourth-order valence-electron chi connectivity index (χ4n) is 4.81. The van der Waals surface area contributed by atoms with Crippen molar-refractivity contribution in [2.24, 2.45) is 23.2 Å². The third kappa shape index (κ3) is 3.52. The molecule has 3 rings (SSSR count). The molecule has 142 valence electrons. The number of amides is 1. The minimum absolute atomic E-state index is 0.150. The van der Waals surface area contributed by atoms with Crippen LogP contribution in [0.4, 0.5) is 10.5 Å². The first-order valence-corrected chi connectivity index (χ1v) is 9.76. The topological polar surface area (TPSA) is 47.6 Å². The standard InChI is InChI=1S/C22H31NO3/c1-5-9-19-20-15(2)12-16(3)22(13-25-19,17(20)4)14-26-21(24)23-18-10-7-6-8-11-18/h6-8,10-12,16-17,19-20H,5,9,13-14H2,1-4H3,(H,23,24)/t16-,17-,19-,20+,22+/m0/s1. The lowest BCUT2D eigenvalue weighted by molar-refractivity contribution is -0.164. The zero-order valence-electron chi connectivity index (χ0n) is 16.3. The van der Waals surface area contributed by atoms with Gasteiger partial charge in [-0.3, -0.25) is 5.32 Å². The monoisotopic (exact) mass is 357 g/mol. The molecule has 0 radical (unpaired) electrons. The highest BCUT2D eigenvalue weighted by Crippen LogP contribution is 2.53. The second kappa shape index (κ2) is 7.83. The molecule has 4 heteroatoms. The lowest BCUT2D eigenvalue weighted by Gasteiger charge is -2.55. The van der Waals surface area contributed by atoms with Crippen LogP contribution in [0.15, 0.2) is 42.0 Å². The van der Waals surface area contributed by atoms with Crippen molar-refractivity contribution >= 4 is 11.8 Å². The molecule has 1 aliphatic heterocycles. The normalized spacial score (nSPS) is 33.3. The van der Waals surface area contributed by atoms with Gasteiger partial charge >= 0.3 is 6.09 Å². The maximum atomic E-state index is 12.3. The number of para-hydroxylation sites is 1. The van der Waals surface area contributed by atoms with Crippen molar-refractivity contribution in [3.8, 4) is 0 Å². The molecule has 26 heavy (non-hydrogen) atoms. The third-order valence-corrected chi connectivity index (χ3v) is 6.42. The van der Waals surface area contributed by atoms with Gasteiger partial charge in [-0.2, -0.15) is 0 Å². The van der Waals surface area contributed by atoms with Gasteiger partial charge in [-0.15, -0.1) is 0 Å². The zero-order valence-corrected chi connectivity index (χ0v) is 16.3. The van der Waals surface area contributed by atoms with Crippen molar-refractivity contribution < 1.29 is 14.3 Å². The van der Waals surface area contributed by atoms with Crippen LogP contribution >= 0.6 is 0 Å². The highest BCUT2D eigenvalue weighted by Gasteiger charge is 2.53. The van der Waals surface area contributed by atoms with E-state index in [9.17, 15) is 4.79 Å². The maximum Gasteiger partial charge on any atom is 0.411 e. The highest BCUT2D eigenvalue weighted by atomic mass is 16.6. The summed E-state index contributed by atoms with van der Waals surface area (Å²) in [4.78, 5) is 12.3. The zero-order chi connectivity index (χ0) is 18.7. The molecule has 1 aromatic carbocycles. The minimum atomic E-state index is -0.400. The average molecular weight is 357 g/mol. The largest absolute Gasteiger partial charge is 0.449 e. The number of carbonyl (C=O) groups excluding carboxylic acids is 1. The number of anilines is 1. The van der Waals surface area contributed by atoms with E-state index in [0.29, 0.717) is 31.0 Å². The Morgan fingerprint density at radius 3 is 2.73 bits per heavy atom. The van der Waals surface area contributed by atoms with Crippen LogP contribution in [0.2, 0.25) is 0 Å². The summed E-state index contributed by atoms with van der Waals surface area (Å²) in [6.07, 6.45) is 4.46. The van der Waals surface area contributed by atoms with Crippen LogP contribution in [-0.4, -0.2) is 25.4 Å². The van der Waals surface area contributed by atoms with Gasteiger partial charge in [0.1, 0.15) is 6.61 Å². The minimum Gasteiger partial charge on any atom is -0.449 e. The first kappa shape index (κ1) is 19.0. The quantitative estimate of drug-likeness (QED) is 0.730. The van der Waals surface area contributed by atoms with E-state index in [1.165, 1.54) is 5.57 Å². The Morgan fingerprint density at radius 2 is 2.04 bits per heavy atom. The fraction of sp³-hybridized carbons (Fsp3) is 0.591. The molecule has 0 saturated carbocycles. The van der Waals surface area contributed by atoms with E-state index in [-0.39, 0.29) is 11.5 Å². The number of fused-ring (bicyclic) bond motifs is 2. The Kier molecular flexibility index (Phi) is 5.71. The molecule has 0 aromatic heterocycles. The van der Waals surface area contributed by atoms with Crippen LogP contribution in [0.1, 0.15) is 40.5 Å². The molecular weight excluding hydrogens is 326 g/mol. The SMILES string of the molecule is CCC[C@@H]1OC[C@@]2(COC(=O)Nc3ccccc3)[C@@H](C)C=C(C)[C@@H]1[C@@H]2C. The highest BCUT2D eigenvalue weighted by molar-refractivity contribution is 5.84. The molecule has 1 N–H and O–H groups in total. The summed E-state index contributed by atoms with van der Waals surface area (Å²) in [5.74, 6) is 1.17. The molecule has 1 heterocycles. The third-order valence-electron chi connectivity index (χ3n) is 6.42. The molecule has 1 amide bonds. The number of nitrogens with one attached hydrogen (secondary N) is 1. The summed E-state index contributed by atoms with van der Waals surface area (Å²) in [7, 11) is 0. The van der Waals surface area contributed by atoms with Gasteiger partial charge in [0, 0.05) is 17.0 Å². The molecular formula is C22H31NO3. The molecule has 1 fully saturated rings. The Bertz CT molecular complexity index is 657. The second-order valence-electron chi connectivity index (χ2n) is 7.95. The van der Waals surface area contributed by atoms with Crippen molar-refractivity contribution in [2.75, 3.05) is 18.5 Å². The van der Waals surface area contributed by atoms with Gasteiger partial charge in [0.05, 0.1) is 12.7 Å². The molecule has 5 atom stereocenters. The van der Waals surface area contributed by atoms with E-state index in [1.807, 2.05) is 30.3 Å². The first-order chi connectivity index (χ1) is 12.5. The average Bonchev–Trinajstić information content (AvgIpc) is 2.61. The van der Waals surface area contributed by atoms with Crippen LogP contribution < -0.4 is 5.32 Å². The van der Waals surface area contributed by atoms with Gasteiger partial charge in [-0.25, -0.2) is 4.79 Å². The van der Waals surface area contributed by atoms with E-state index >= 15 is 0 Å². The van der Waals surface area contributed by atoms with Gasteiger partial charge in [-0.05, 0) is 37.3 Å². The number of rotatable bonds is 5. The van der Waals surface area contributed by atoms with E-state index < -0.39 is 6.09 Å². The number of ether oxygens (including phenoxy) is 2. The summed E-state index contributed by atoms with van der Waals surface area (Å²) in [5.41, 5.74) is 2.02. The van der Waals surface area contributed by atoms with Crippen molar-refractivity contribution in [1.82, 2.24) is 0 Å². The van der Waals surface area contributed by atoms with E-state index in [1.54, 1.807) is 0 Å². The van der Waals surface area contributed by atoms with Gasteiger partial charge < -0.3 is 9.47 Å². The molecule has 2 aliphatic rings. The summed E-state index contributed by atoms with van der Waals surface area (Å²) < 4.78 is 12.0. The lowest BCUT2D eigenvalue weighted by atomic mass is 9.56. The van der Waals surface area contributed by atoms with E-state index in [4.69, 9.17) is 9.47 Å². The summed E-state index contributed by atoms with van der Waals surface area (Å²) >= 11 is 0. The molecule has 1 aromatic rings. The Hall–Kier alpha value is -1.81. The number of benzene rings is 1. The van der Waals surface area contributed by atoms with Crippen molar-refractivity contribution in [1.29, 1.82) is 0 Å². The Morgan fingerprint density at radius 1 is 1.31 bits per heavy atom. The molecule has 0 unspecified atom stereocenters. The van der Waals surface area contributed by atoms with Crippen LogP contribution in [0.5, 0.6) is 0 Å². The maximum absolute atomic E-state index is 12.3.